The van der Waals surface area contributed by atoms with Crippen LogP contribution in [0.15, 0.2) is 0 Å². The highest BCUT2D eigenvalue weighted by atomic mass is 16.4. The minimum atomic E-state index is -1.02. The van der Waals surface area contributed by atoms with Gasteiger partial charge in [-0.25, -0.2) is 4.79 Å². The highest BCUT2D eigenvalue weighted by molar-refractivity contribution is 5.97. The van der Waals surface area contributed by atoms with Crippen LogP contribution >= 0.6 is 0 Å². The average molecular weight is 212 g/mol. The molecule has 82 valence electrons. The first kappa shape index (κ1) is 9.95. The van der Waals surface area contributed by atoms with Gasteiger partial charge in [0.05, 0.1) is 6.54 Å². The van der Waals surface area contributed by atoms with Crippen molar-refractivity contribution >= 4 is 17.8 Å². The summed E-state index contributed by atoms with van der Waals surface area (Å²) in [6.07, 6.45) is 0.817. The lowest BCUT2D eigenvalue weighted by atomic mass is 10.1. The van der Waals surface area contributed by atoms with Gasteiger partial charge in [-0.05, 0) is 12.8 Å². The molecule has 0 bridgehead atoms. The third kappa shape index (κ3) is 1.36. The van der Waals surface area contributed by atoms with Gasteiger partial charge in [-0.15, -0.1) is 0 Å². The van der Waals surface area contributed by atoms with Crippen LogP contribution in [0.1, 0.15) is 12.8 Å². The Hall–Kier alpha value is -1.59. The zero-order valence-electron chi connectivity index (χ0n) is 8.34. The molecule has 0 aliphatic carbocycles. The van der Waals surface area contributed by atoms with Crippen molar-refractivity contribution in [2.75, 3.05) is 13.6 Å². The van der Waals surface area contributed by atoms with Crippen LogP contribution in [0.25, 0.3) is 0 Å². The maximum atomic E-state index is 11.7. The van der Waals surface area contributed by atoms with Crippen molar-refractivity contribution in [1.29, 1.82) is 0 Å². The summed E-state index contributed by atoms with van der Waals surface area (Å²) in [5, 5.41) is 8.90. The fourth-order valence-electron chi connectivity index (χ4n) is 2.26. The minimum absolute atomic E-state index is 0.0148. The van der Waals surface area contributed by atoms with Gasteiger partial charge in [0.25, 0.3) is 0 Å². The molecule has 2 saturated heterocycles. The first-order valence-electron chi connectivity index (χ1n) is 4.81. The van der Waals surface area contributed by atoms with Gasteiger partial charge in [0.2, 0.25) is 11.8 Å². The Labute approximate surface area is 86.4 Å². The second-order valence-corrected chi connectivity index (χ2v) is 3.94. The maximum absolute atomic E-state index is 11.7. The molecule has 6 nitrogen and oxygen atoms in total. The van der Waals surface area contributed by atoms with E-state index in [9.17, 15) is 14.4 Å². The third-order valence-electron chi connectivity index (χ3n) is 2.99. The van der Waals surface area contributed by atoms with Crippen molar-refractivity contribution in [3.05, 3.63) is 0 Å². The summed E-state index contributed by atoms with van der Waals surface area (Å²) >= 11 is 0. The van der Waals surface area contributed by atoms with Crippen molar-refractivity contribution in [3.8, 4) is 0 Å². The van der Waals surface area contributed by atoms with Crippen molar-refractivity contribution < 1.29 is 19.5 Å². The fraction of sp³-hybridized carbons (Fsp3) is 0.667. The van der Waals surface area contributed by atoms with Crippen LogP contribution in [0, 0.1) is 0 Å². The molecule has 2 atom stereocenters. The molecule has 0 aromatic heterocycles. The molecule has 2 fully saturated rings. The predicted molar refractivity (Wildman–Crippen MR) is 48.9 cm³/mol. The normalized spacial score (nSPS) is 30.7. The number of hydrogen-bond acceptors (Lipinski definition) is 3. The summed E-state index contributed by atoms with van der Waals surface area (Å²) in [4.78, 5) is 36.7. The van der Waals surface area contributed by atoms with Gasteiger partial charge >= 0.3 is 5.97 Å². The van der Waals surface area contributed by atoms with Gasteiger partial charge in [0, 0.05) is 7.05 Å². The van der Waals surface area contributed by atoms with Gasteiger partial charge < -0.3 is 14.9 Å². The molecule has 15 heavy (non-hydrogen) atoms. The van der Waals surface area contributed by atoms with Crippen LogP contribution in [-0.2, 0) is 14.4 Å². The smallest absolute Gasteiger partial charge is 0.326 e. The first-order valence-corrected chi connectivity index (χ1v) is 4.81. The SMILES string of the molecule is CN1CC(=O)N2C(C(=O)O)CCC2C1=O. The Kier molecular flexibility index (Phi) is 2.13. The van der Waals surface area contributed by atoms with Gasteiger partial charge in [-0.3, -0.25) is 9.59 Å². The molecule has 0 radical (unpaired) electrons. The van der Waals surface area contributed by atoms with Crippen molar-refractivity contribution in [2.45, 2.75) is 24.9 Å². The molecule has 2 aliphatic rings. The van der Waals surface area contributed by atoms with Crippen LogP contribution in [0.5, 0.6) is 0 Å². The highest BCUT2D eigenvalue weighted by Gasteiger charge is 2.48. The van der Waals surface area contributed by atoms with E-state index in [1.807, 2.05) is 0 Å². The lowest BCUT2D eigenvalue weighted by Gasteiger charge is -2.36. The largest absolute Gasteiger partial charge is 0.480 e. The Morgan fingerprint density at radius 3 is 2.67 bits per heavy atom. The summed E-state index contributed by atoms with van der Waals surface area (Å²) in [5.74, 6) is -1.45. The van der Waals surface area contributed by atoms with E-state index in [1.54, 1.807) is 7.05 Å². The Balaban J connectivity index is 2.28. The van der Waals surface area contributed by atoms with E-state index in [4.69, 9.17) is 5.11 Å². The fourth-order valence-corrected chi connectivity index (χ4v) is 2.26. The second-order valence-electron chi connectivity index (χ2n) is 3.94. The lowest BCUT2D eigenvalue weighted by Crippen LogP contribution is -2.59. The van der Waals surface area contributed by atoms with Gasteiger partial charge in [-0.1, -0.05) is 0 Å². The zero-order valence-corrected chi connectivity index (χ0v) is 8.34. The molecule has 2 amide bonds. The number of aliphatic carboxylic acids is 1. The van der Waals surface area contributed by atoms with Gasteiger partial charge in [0.15, 0.2) is 0 Å². The van der Waals surface area contributed by atoms with E-state index >= 15 is 0 Å². The number of carboxylic acids is 1. The third-order valence-corrected chi connectivity index (χ3v) is 2.99. The van der Waals surface area contributed by atoms with E-state index in [1.165, 1.54) is 9.80 Å². The van der Waals surface area contributed by atoms with Gasteiger partial charge in [0.1, 0.15) is 12.1 Å². The van der Waals surface area contributed by atoms with Gasteiger partial charge in [-0.2, -0.15) is 0 Å². The molecule has 0 saturated carbocycles. The standard InChI is InChI=1S/C9H12N2O4/c1-10-4-7(12)11-5(8(10)13)2-3-6(11)9(14)15/h5-6H,2-4H2,1H3,(H,14,15). The van der Waals surface area contributed by atoms with Crippen LogP contribution in [0.2, 0.25) is 0 Å². The number of likely N-dealkylation sites (N-methyl/N-ethyl adjacent to an activating group) is 1. The van der Waals surface area contributed by atoms with Crippen LogP contribution < -0.4 is 0 Å². The number of fused-ring (bicyclic) bond motifs is 1. The zero-order chi connectivity index (χ0) is 11.2. The molecule has 1 N–H and O–H groups in total. The molecule has 2 rings (SSSR count). The number of hydrogen-bond donors (Lipinski definition) is 1. The molecular weight excluding hydrogens is 200 g/mol. The molecule has 0 spiro atoms. The van der Waals surface area contributed by atoms with Crippen molar-refractivity contribution in [1.82, 2.24) is 9.80 Å². The molecule has 0 aromatic carbocycles. The number of carboxylic acid groups (broad SMARTS) is 1. The quantitative estimate of drug-likeness (QED) is 0.598. The lowest BCUT2D eigenvalue weighted by molar-refractivity contribution is -0.159. The number of nitrogens with zero attached hydrogens (tertiary/aromatic N) is 2. The average Bonchev–Trinajstić information content (AvgIpc) is 2.58. The summed E-state index contributed by atoms with van der Waals surface area (Å²) in [7, 11) is 1.56. The van der Waals surface area contributed by atoms with Crippen molar-refractivity contribution in [3.63, 3.8) is 0 Å². The minimum Gasteiger partial charge on any atom is -0.480 e. The molecule has 2 unspecified atom stereocenters. The Morgan fingerprint density at radius 1 is 1.40 bits per heavy atom. The predicted octanol–water partition coefficient (Wildman–Crippen LogP) is -1.10. The summed E-state index contributed by atoms with van der Waals surface area (Å²) in [6.45, 7) is -0.0148. The summed E-state index contributed by atoms with van der Waals surface area (Å²) < 4.78 is 0. The summed E-state index contributed by atoms with van der Waals surface area (Å²) in [5.41, 5.74) is 0. The van der Waals surface area contributed by atoms with Crippen LogP contribution in [0.4, 0.5) is 0 Å². The van der Waals surface area contributed by atoms with E-state index in [-0.39, 0.29) is 18.4 Å². The number of carbonyl (C=O) groups excluding carboxylic acids is 2. The molecule has 0 aromatic rings. The molecule has 2 heterocycles. The molecule has 2 aliphatic heterocycles. The number of rotatable bonds is 1. The van der Waals surface area contributed by atoms with E-state index in [0.717, 1.165) is 0 Å². The molecular formula is C9H12N2O4. The highest BCUT2D eigenvalue weighted by Crippen LogP contribution is 2.28. The molecule has 6 heteroatoms. The topological polar surface area (TPSA) is 77.9 Å². The summed E-state index contributed by atoms with van der Waals surface area (Å²) in [6, 6.07) is -1.38. The number of amides is 2. The Morgan fingerprint density at radius 2 is 2.07 bits per heavy atom. The van der Waals surface area contributed by atoms with E-state index in [2.05, 4.69) is 0 Å². The Bertz CT molecular complexity index is 341. The first-order chi connectivity index (χ1) is 7.02. The second kappa shape index (κ2) is 3.22. The monoisotopic (exact) mass is 212 g/mol. The number of piperazine rings is 1. The van der Waals surface area contributed by atoms with E-state index in [0.29, 0.717) is 12.8 Å². The number of carbonyl (C=O) groups is 3. The van der Waals surface area contributed by atoms with Crippen LogP contribution in [0.3, 0.4) is 0 Å². The van der Waals surface area contributed by atoms with E-state index < -0.39 is 18.1 Å². The maximum Gasteiger partial charge on any atom is 0.326 e. The van der Waals surface area contributed by atoms with Crippen molar-refractivity contribution in [2.24, 2.45) is 0 Å². The van der Waals surface area contributed by atoms with Crippen LogP contribution in [-0.4, -0.2) is 58.4 Å².